The SMILES string of the molecule is CC(C)CCO[C@H](C)C(=O)Nc1ccc(OCC(F)(F)F)c(C#N)c1. The smallest absolute Gasteiger partial charge is 0.422 e. The van der Waals surface area contributed by atoms with E-state index in [1.54, 1.807) is 13.0 Å². The number of carbonyl (C=O) groups is 1. The molecule has 1 amide bonds. The Kier molecular flexibility index (Phi) is 7.71. The zero-order valence-electron chi connectivity index (χ0n) is 14.3. The van der Waals surface area contributed by atoms with Gasteiger partial charge in [0.1, 0.15) is 17.9 Å². The van der Waals surface area contributed by atoms with Crippen molar-refractivity contribution >= 4 is 11.6 Å². The fraction of sp³-hybridized carbons (Fsp3) is 0.529. The fourth-order valence-corrected chi connectivity index (χ4v) is 1.78. The molecule has 1 aromatic rings. The van der Waals surface area contributed by atoms with Gasteiger partial charge in [0.2, 0.25) is 0 Å². The molecule has 0 aliphatic carbocycles. The van der Waals surface area contributed by atoms with Crippen LogP contribution in [0.3, 0.4) is 0 Å². The summed E-state index contributed by atoms with van der Waals surface area (Å²) >= 11 is 0. The Hall–Kier alpha value is -2.27. The van der Waals surface area contributed by atoms with Gasteiger partial charge >= 0.3 is 6.18 Å². The van der Waals surface area contributed by atoms with E-state index in [4.69, 9.17) is 10.00 Å². The van der Waals surface area contributed by atoms with Gasteiger partial charge in [0.25, 0.3) is 5.91 Å². The molecule has 25 heavy (non-hydrogen) atoms. The van der Waals surface area contributed by atoms with Crippen LogP contribution in [0.5, 0.6) is 5.75 Å². The maximum Gasteiger partial charge on any atom is 0.422 e. The molecule has 0 unspecified atom stereocenters. The molecule has 0 spiro atoms. The van der Waals surface area contributed by atoms with E-state index in [1.165, 1.54) is 18.2 Å². The standard InChI is InChI=1S/C17H21F3N2O3/c1-11(2)6-7-24-12(3)16(23)22-14-4-5-15(13(8-14)9-21)25-10-17(18,19)20/h4-5,8,11-12H,6-7,10H2,1-3H3,(H,22,23)/t12-/m1/s1. The van der Waals surface area contributed by atoms with Crippen molar-refractivity contribution in [3.63, 3.8) is 0 Å². The number of halogens is 3. The van der Waals surface area contributed by atoms with E-state index >= 15 is 0 Å². The normalized spacial score (nSPS) is 12.6. The van der Waals surface area contributed by atoms with Crippen LogP contribution in [-0.2, 0) is 9.53 Å². The molecule has 5 nitrogen and oxygen atoms in total. The van der Waals surface area contributed by atoms with Gasteiger partial charge < -0.3 is 14.8 Å². The molecule has 0 fully saturated rings. The molecular formula is C17H21F3N2O3. The lowest BCUT2D eigenvalue weighted by molar-refractivity contribution is -0.153. The Morgan fingerprint density at radius 2 is 2.00 bits per heavy atom. The highest BCUT2D eigenvalue weighted by Gasteiger charge is 2.29. The third-order valence-electron chi connectivity index (χ3n) is 3.19. The van der Waals surface area contributed by atoms with Crippen LogP contribution in [0.15, 0.2) is 18.2 Å². The number of amides is 1. The Labute approximate surface area is 144 Å². The lowest BCUT2D eigenvalue weighted by Gasteiger charge is -2.15. The summed E-state index contributed by atoms with van der Waals surface area (Å²) in [6.07, 6.45) is -4.37. The monoisotopic (exact) mass is 358 g/mol. The second-order valence-corrected chi connectivity index (χ2v) is 5.91. The predicted octanol–water partition coefficient (Wildman–Crippen LogP) is 3.89. The highest BCUT2D eigenvalue weighted by molar-refractivity contribution is 5.94. The summed E-state index contributed by atoms with van der Waals surface area (Å²) in [6.45, 7) is 4.63. The number of nitrogens with zero attached hydrogens (tertiary/aromatic N) is 1. The number of alkyl halides is 3. The lowest BCUT2D eigenvalue weighted by Crippen LogP contribution is -2.28. The average molecular weight is 358 g/mol. The summed E-state index contributed by atoms with van der Waals surface area (Å²) in [5, 5.41) is 11.6. The number of hydrogen-bond acceptors (Lipinski definition) is 4. The summed E-state index contributed by atoms with van der Waals surface area (Å²) in [4.78, 5) is 12.0. The maximum absolute atomic E-state index is 12.2. The number of anilines is 1. The average Bonchev–Trinajstić information content (AvgIpc) is 2.52. The van der Waals surface area contributed by atoms with Crippen LogP contribution in [0.2, 0.25) is 0 Å². The molecule has 0 aliphatic rings. The van der Waals surface area contributed by atoms with Gasteiger partial charge in [-0.25, -0.2) is 0 Å². The van der Waals surface area contributed by atoms with E-state index in [0.29, 0.717) is 12.5 Å². The number of ether oxygens (including phenoxy) is 2. The maximum atomic E-state index is 12.2. The molecule has 0 heterocycles. The van der Waals surface area contributed by atoms with Crippen molar-refractivity contribution < 1.29 is 27.4 Å². The van der Waals surface area contributed by atoms with Crippen LogP contribution >= 0.6 is 0 Å². The van der Waals surface area contributed by atoms with Crippen LogP contribution in [0.25, 0.3) is 0 Å². The third-order valence-corrected chi connectivity index (χ3v) is 3.19. The van der Waals surface area contributed by atoms with Crippen LogP contribution in [-0.4, -0.2) is 31.4 Å². The molecular weight excluding hydrogens is 337 g/mol. The first-order chi connectivity index (χ1) is 11.6. The van der Waals surface area contributed by atoms with Crippen LogP contribution in [0, 0.1) is 17.2 Å². The van der Waals surface area contributed by atoms with E-state index in [9.17, 15) is 18.0 Å². The van der Waals surface area contributed by atoms with Gasteiger partial charge in [0.05, 0.1) is 5.56 Å². The van der Waals surface area contributed by atoms with Crippen molar-refractivity contribution in [2.45, 2.75) is 39.5 Å². The molecule has 0 aromatic heterocycles. The van der Waals surface area contributed by atoms with Crippen LogP contribution < -0.4 is 10.1 Å². The predicted molar refractivity (Wildman–Crippen MR) is 86.2 cm³/mol. The molecule has 0 saturated carbocycles. The Morgan fingerprint density at radius 1 is 1.32 bits per heavy atom. The van der Waals surface area contributed by atoms with Crippen LogP contribution in [0.4, 0.5) is 18.9 Å². The second kappa shape index (κ2) is 9.28. The summed E-state index contributed by atoms with van der Waals surface area (Å²) < 4.78 is 46.6. The van der Waals surface area contributed by atoms with Crippen LogP contribution in [0.1, 0.15) is 32.8 Å². The van der Waals surface area contributed by atoms with Crippen molar-refractivity contribution in [1.29, 1.82) is 5.26 Å². The highest BCUT2D eigenvalue weighted by atomic mass is 19.4. The third kappa shape index (κ3) is 7.90. The number of carbonyl (C=O) groups excluding carboxylic acids is 1. The molecule has 1 rings (SSSR count). The summed E-state index contributed by atoms with van der Waals surface area (Å²) in [5.74, 6) is -0.145. The van der Waals surface area contributed by atoms with E-state index in [-0.39, 0.29) is 17.0 Å². The topological polar surface area (TPSA) is 71.3 Å². The van der Waals surface area contributed by atoms with E-state index in [0.717, 1.165) is 6.42 Å². The highest BCUT2D eigenvalue weighted by Crippen LogP contribution is 2.25. The van der Waals surface area contributed by atoms with Gasteiger partial charge in [0, 0.05) is 12.3 Å². The molecule has 8 heteroatoms. The first-order valence-electron chi connectivity index (χ1n) is 7.78. The number of nitrogens with one attached hydrogen (secondary N) is 1. The zero-order valence-corrected chi connectivity index (χ0v) is 14.3. The molecule has 1 N–H and O–H groups in total. The summed E-state index contributed by atoms with van der Waals surface area (Å²) in [5.41, 5.74) is 0.177. The second-order valence-electron chi connectivity index (χ2n) is 5.91. The van der Waals surface area contributed by atoms with Gasteiger partial charge in [-0.1, -0.05) is 13.8 Å². The molecule has 0 saturated heterocycles. The van der Waals surface area contributed by atoms with Crippen molar-refractivity contribution in [3.8, 4) is 11.8 Å². The van der Waals surface area contributed by atoms with Gasteiger partial charge in [0.15, 0.2) is 6.61 Å². The van der Waals surface area contributed by atoms with E-state index in [2.05, 4.69) is 10.1 Å². The van der Waals surface area contributed by atoms with Crippen molar-refractivity contribution in [2.24, 2.45) is 5.92 Å². The Bertz CT molecular complexity index is 625. The quantitative estimate of drug-likeness (QED) is 0.765. The zero-order chi connectivity index (χ0) is 19.0. The van der Waals surface area contributed by atoms with Crippen molar-refractivity contribution in [1.82, 2.24) is 0 Å². The molecule has 1 atom stereocenters. The number of nitriles is 1. The number of hydrogen-bond donors (Lipinski definition) is 1. The Balaban J connectivity index is 2.67. The molecule has 0 radical (unpaired) electrons. The minimum atomic E-state index is -4.50. The van der Waals surface area contributed by atoms with Gasteiger partial charge in [-0.05, 0) is 37.5 Å². The van der Waals surface area contributed by atoms with Gasteiger partial charge in [-0.3, -0.25) is 4.79 Å². The minimum Gasteiger partial charge on any atom is -0.483 e. The Morgan fingerprint density at radius 3 is 2.56 bits per heavy atom. The van der Waals surface area contributed by atoms with E-state index in [1.807, 2.05) is 13.8 Å². The van der Waals surface area contributed by atoms with Gasteiger partial charge in [-0.2, -0.15) is 18.4 Å². The first-order valence-corrected chi connectivity index (χ1v) is 7.78. The first kappa shape index (κ1) is 20.8. The van der Waals surface area contributed by atoms with E-state index < -0.39 is 24.8 Å². The largest absolute Gasteiger partial charge is 0.483 e. The molecule has 138 valence electrons. The molecule has 0 aliphatic heterocycles. The number of benzene rings is 1. The lowest BCUT2D eigenvalue weighted by atomic mass is 10.1. The fourth-order valence-electron chi connectivity index (χ4n) is 1.78. The summed E-state index contributed by atoms with van der Waals surface area (Å²) in [7, 11) is 0. The number of rotatable bonds is 8. The van der Waals surface area contributed by atoms with Gasteiger partial charge in [-0.15, -0.1) is 0 Å². The summed E-state index contributed by atoms with van der Waals surface area (Å²) in [6, 6.07) is 5.58. The molecule has 1 aromatic carbocycles. The minimum absolute atomic E-state index is 0.101. The van der Waals surface area contributed by atoms with Crippen molar-refractivity contribution in [2.75, 3.05) is 18.5 Å². The molecule has 0 bridgehead atoms. The van der Waals surface area contributed by atoms with Crippen molar-refractivity contribution in [3.05, 3.63) is 23.8 Å².